The van der Waals surface area contributed by atoms with Crippen molar-refractivity contribution in [3.8, 4) is 5.75 Å². The van der Waals surface area contributed by atoms with Crippen LogP contribution in [-0.4, -0.2) is 5.11 Å². The summed E-state index contributed by atoms with van der Waals surface area (Å²) in [5, 5.41) is 10.4. The minimum absolute atomic E-state index is 0. The molecule has 0 radical (unpaired) electrons. The minimum atomic E-state index is -0.0315. The fraction of sp³-hybridized carbons (Fsp3) is 0.200. The fourth-order valence-electron chi connectivity index (χ4n) is 0.966. The third kappa shape index (κ3) is 2.57. The maximum atomic E-state index is 9.51. The summed E-state index contributed by atoms with van der Waals surface area (Å²) in [5.74, 6) is -0.0315. The smallest absolute Gasteiger partial charge is 0.139 e. The highest BCUT2D eigenvalue weighted by Crippen LogP contribution is 2.38. The van der Waals surface area contributed by atoms with Gasteiger partial charge in [0.15, 0.2) is 0 Å². The lowest BCUT2D eigenvalue weighted by Gasteiger charge is -2.07. The van der Waals surface area contributed by atoms with E-state index in [0.717, 1.165) is 0 Å². The fourth-order valence-corrected chi connectivity index (χ4v) is 1.69. The highest BCUT2D eigenvalue weighted by molar-refractivity contribution is 6.44. The van der Waals surface area contributed by atoms with E-state index in [-0.39, 0.29) is 18.2 Å². The Morgan fingerprint density at radius 3 is 2.36 bits per heavy atom. The van der Waals surface area contributed by atoms with Crippen molar-refractivity contribution in [2.75, 3.05) is 0 Å². The molecule has 1 rings (SSSR count). The normalized spacial score (nSPS) is 9.36. The summed E-state index contributed by atoms with van der Waals surface area (Å²) >= 11 is 17.3. The third-order valence-electron chi connectivity index (χ3n) is 1.59. The van der Waals surface area contributed by atoms with Crippen molar-refractivity contribution in [1.29, 1.82) is 0 Å². The van der Waals surface area contributed by atoms with E-state index in [9.17, 15) is 5.11 Å². The van der Waals surface area contributed by atoms with Crippen molar-refractivity contribution in [3.05, 3.63) is 39.4 Å². The van der Waals surface area contributed by atoms with E-state index >= 15 is 0 Å². The van der Waals surface area contributed by atoms with Crippen LogP contribution in [0, 0.1) is 0 Å². The molecular weight excluding hydrogens is 242 g/mol. The molecule has 0 unspecified atom stereocenters. The minimum Gasteiger partial charge on any atom is -0.506 e. The van der Waals surface area contributed by atoms with Gasteiger partial charge in [-0.2, -0.15) is 0 Å². The van der Waals surface area contributed by atoms with E-state index in [1.54, 1.807) is 6.08 Å². The summed E-state index contributed by atoms with van der Waals surface area (Å²) in [5.41, 5.74) is 0.508. The van der Waals surface area contributed by atoms with E-state index in [4.69, 9.17) is 34.8 Å². The molecule has 0 fully saturated rings. The Kier molecular flexibility index (Phi) is 5.35. The predicted molar refractivity (Wildman–Crippen MR) is 63.8 cm³/mol. The first-order valence-corrected chi connectivity index (χ1v) is 4.67. The summed E-state index contributed by atoms with van der Waals surface area (Å²) in [7, 11) is 0. The first kappa shape index (κ1) is 13.6. The molecule has 0 atom stereocenters. The van der Waals surface area contributed by atoms with E-state index in [0.29, 0.717) is 22.0 Å². The monoisotopic (exact) mass is 252 g/mol. The second-order valence-electron chi connectivity index (χ2n) is 2.47. The van der Waals surface area contributed by atoms with Gasteiger partial charge in [0.1, 0.15) is 5.75 Å². The number of allylic oxidation sites excluding steroid dienone is 1. The molecule has 0 heterocycles. The molecule has 1 aromatic rings. The number of hydrogen-bond acceptors (Lipinski definition) is 1. The summed E-state index contributed by atoms with van der Waals surface area (Å²) in [6.07, 6.45) is 2.05. The largest absolute Gasteiger partial charge is 0.506 e. The van der Waals surface area contributed by atoms with Crippen LogP contribution < -0.4 is 0 Å². The summed E-state index contributed by atoms with van der Waals surface area (Å²) in [6.45, 7) is 3.54. The Hall–Kier alpha value is -0.370. The van der Waals surface area contributed by atoms with Gasteiger partial charge in [0.25, 0.3) is 0 Å². The number of aromatic hydroxyl groups is 1. The molecule has 0 aliphatic rings. The Bertz CT molecular complexity index is 321. The number of phenolic OH excluding ortho intramolecular Hbond substituents is 1. The molecule has 4 heteroatoms. The maximum absolute atomic E-state index is 9.51. The zero-order chi connectivity index (χ0) is 10.0. The first-order valence-electron chi connectivity index (χ1n) is 3.54. The molecule has 1 aromatic carbocycles. The second-order valence-corrected chi connectivity index (χ2v) is 3.67. The zero-order valence-corrected chi connectivity index (χ0v) is 8.92. The second kappa shape index (κ2) is 5.50. The van der Waals surface area contributed by atoms with Gasteiger partial charge in [0, 0.05) is 5.56 Å². The van der Waals surface area contributed by atoms with E-state index in [1.807, 2.05) is 0 Å². The Morgan fingerprint density at radius 2 is 1.86 bits per heavy atom. The molecule has 0 amide bonds. The molecular formula is C10H11Cl3O. The van der Waals surface area contributed by atoms with Gasteiger partial charge in [-0.15, -0.1) is 6.58 Å². The van der Waals surface area contributed by atoms with Gasteiger partial charge in [-0.05, 0) is 12.5 Å². The van der Waals surface area contributed by atoms with Crippen molar-refractivity contribution in [1.82, 2.24) is 0 Å². The molecule has 14 heavy (non-hydrogen) atoms. The molecule has 0 aliphatic heterocycles. The van der Waals surface area contributed by atoms with Gasteiger partial charge in [-0.3, -0.25) is 0 Å². The molecule has 78 valence electrons. The molecule has 0 spiro atoms. The van der Waals surface area contributed by atoms with Gasteiger partial charge in [0.05, 0.1) is 15.1 Å². The van der Waals surface area contributed by atoms with E-state index < -0.39 is 0 Å². The van der Waals surface area contributed by atoms with E-state index in [1.165, 1.54) is 6.07 Å². The van der Waals surface area contributed by atoms with Crippen LogP contribution in [-0.2, 0) is 6.42 Å². The van der Waals surface area contributed by atoms with Crippen LogP contribution in [0.25, 0.3) is 0 Å². The lowest BCUT2D eigenvalue weighted by molar-refractivity contribution is 0.470. The molecule has 0 saturated carbocycles. The standard InChI is InChI=1S/C9H7Cl3O.CH4/c1-2-3-5-8(12)6(10)4-7(11)9(5)13;/h2,4,13H,1,3H2;1H4. The SMILES string of the molecule is C.C=CCc1c(O)c(Cl)cc(Cl)c1Cl. The lowest BCUT2D eigenvalue weighted by Crippen LogP contribution is -1.86. The van der Waals surface area contributed by atoms with Gasteiger partial charge in [-0.25, -0.2) is 0 Å². The van der Waals surface area contributed by atoms with Crippen LogP contribution in [0.3, 0.4) is 0 Å². The third-order valence-corrected chi connectivity index (χ3v) is 2.70. The average Bonchev–Trinajstić information content (AvgIpc) is 2.09. The van der Waals surface area contributed by atoms with Gasteiger partial charge >= 0.3 is 0 Å². The van der Waals surface area contributed by atoms with Crippen molar-refractivity contribution in [3.63, 3.8) is 0 Å². The predicted octanol–water partition coefficient (Wildman–Crippen LogP) is 4.72. The molecule has 0 saturated heterocycles. The highest BCUT2D eigenvalue weighted by Gasteiger charge is 2.12. The van der Waals surface area contributed by atoms with Crippen LogP contribution in [0.2, 0.25) is 15.1 Å². The van der Waals surface area contributed by atoms with Crippen LogP contribution in [0.5, 0.6) is 5.75 Å². The van der Waals surface area contributed by atoms with Gasteiger partial charge < -0.3 is 5.11 Å². The van der Waals surface area contributed by atoms with Crippen molar-refractivity contribution >= 4 is 34.8 Å². The topological polar surface area (TPSA) is 20.2 Å². The Morgan fingerprint density at radius 1 is 1.29 bits per heavy atom. The number of halogens is 3. The maximum Gasteiger partial charge on any atom is 0.139 e. The van der Waals surface area contributed by atoms with Crippen LogP contribution in [0.15, 0.2) is 18.7 Å². The average molecular weight is 254 g/mol. The number of benzene rings is 1. The first-order chi connectivity index (χ1) is 6.07. The van der Waals surface area contributed by atoms with Crippen molar-refractivity contribution in [2.45, 2.75) is 13.8 Å². The number of hydrogen-bond donors (Lipinski definition) is 1. The summed E-state index contributed by atoms with van der Waals surface area (Å²) < 4.78 is 0. The van der Waals surface area contributed by atoms with Crippen LogP contribution in [0.4, 0.5) is 0 Å². The molecule has 1 nitrogen and oxygen atoms in total. The molecule has 0 aliphatic carbocycles. The lowest BCUT2D eigenvalue weighted by atomic mass is 10.1. The van der Waals surface area contributed by atoms with Crippen LogP contribution >= 0.6 is 34.8 Å². The number of rotatable bonds is 2. The van der Waals surface area contributed by atoms with Gasteiger partial charge in [0.2, 0.25) is 0 Å². The number of phenols is 1. The highest BCUT2D eigenvalue weighted by atomic mass is 35.5. The summed E-state index contributed by atoms with van der Waals surface area (Å²) in [4.78, 5) is 0. The molecule has 1 N–H and O–H groups in total. The zero-order valence-electron chi connectivity index (χ0n) is 6.65. The molecule has 0 aromatic heterocycles. The quantitative estimate of drug-likeness (QED) is 0.597. The molecule has 0 bridgehead atoms. The Labute approximate surface area is 98.9 Å². The van der Waals surface area contributed by atoms with Crippen molar-refractivity contribution in [2.24, 2.45) is 0 Å². The van der Waals surface area contributed by atoms with Crippen molar-refractivity contribution < 1.29 is 5.11 Å². The summed E-state index contributed by atoms with van der Waals surface area (Å²) in [6, 6.07) is 1.41. The Balaban J connectivity index is 0.00000169. The van der Waals surface area contributed by atoms with E-state index in [2.05, 4.69) is 6.58 Å². The van der Waals surface area contributed by atoms with Crippen LogP contribution in [0.1, 0.15) is 13.0 Å². The van der Waals surface area contributed by atoms with Gasteiger partial charge in [-0.1, -0.05) is 48.3 Å².